The molecule has 2 saturated heterocycles. The number of carbonyl (C=O) groups excluding carboxylic acids is 1. The lowest BCUT2D eigenvalue weighted by Gasteiger charge is -2.44. The third kappa shape index (κ3) is 8.46. The Hall–Kier alpha value is -4.36. The van der Waals surface area contributed by atoms with Crippen LogP contribution in [0.1, 0.15) is 55.3 Å². The van der Waals surface area contributed by atoms with E-state index in [1.54, 1.807) is 24.3 Å². The zero-order valence-corrected chi connectivity index (χ0v) is 25.8. The first kappa shape index (κ1) is 33.0. The van der Waals surface area contributed by atoms with Gasteiger partial charge in [-0.1, -0.05) is 43.3 Å². The molecule has 3 N–H and O–H groups in total. The van der Waals surface area contributed by atoms with Gasteiger partial charge < -0.3 is 29.9 Å². The summed E-state index contributed by atoms with van der Waals surface area (Å²) in [5, 5.41) is 32.2. The van der Waals surface area contributed by atoms with Crippen LogP contribution >= 0.6 is 0 Å². The fourth-order valence-corrected chi connectivity index (χ4v) is 5.90. The molecule has 3 aromatic rings. The summed E-state index contributed by atoms with van der Waals surface area (Å²) in [5.41, 5.74) is 4.27. The van der Waals surface area contributed by atoms with Crippen molar-refractivity contribution >= 4 is 28.9 Å². The number of nitrogens with zero attached hydrogens (tertiary/aromatic N) is 3. The lowest BCUT2D eigenvalue weighted by molar-refractivity contribution is -0.384. The van der Waals surface area contributed by atoms with Crippen LogP contribution in [0.2, 0.25) is 0 Å². The van der Waals surface area contributed by atoms with Gasteiger partial charge in [0.1, 0.15) is 0 Å². The third-order valence-corrected chi connectivity index (χ3v) is 8.62. The number of aliphatic hydroxyl groups is 1. The summed E-state index contributed by atoms with van der Waals surface area (Å²) in [6.45, 7) is 5.98. The number of carbonyl (C=O) groups is 2. The van der Waals surface area contributed by atoms with E-state index in [9.17, 15) is 24.8 Å². The molecule has 0 unspecified atom stereocenters. The number of non-ortho nitro benzene ring substituents is 1. The number of piperazine rings is 1. The monoisotopic (exact) mass is 632 g/mol. The van der Waals surface area contributed by atoms with Gasteiger partial charge in [-0.3, -0.25) is 24.6 Å². The lowest BCUT2D eigenvalue weighted by Crippen LogP contribution is -2.51. The molecule has 12 heteroatoms. The molecule has 2 aliphatic heterocycles. The number of nitro groups is 1. The molecule has 244 valence electrons. The van der Waals surface area contributed by atoms with E-state index < -0.39 is 17.2 Å². The molecule has 0 bridgehead atoms. The predicted molar refractivity (Wildman–Crippen MR) is 171 cm³/mol. The van der Waals surface area contributed by atoms with Crippen LogP contribution in [0.25, 0.3) is 0 Å². The lowest BCUT2D eigenvalue weighted by atomic mass is 9.90. The molecule has 2 heterocycles. The van der Waals surface area contributed by atoms with Crippen LogP contribution in [-0.2, 0) is 25.7 Å². The van der Waals surface area contributed by atoms with Crippen LogP contribution in [0.15, 0.2) is 72.8 Å². The highest BCUT2D eigenvalue weighted by Crippen LogP contribution is 2.42. The number of ether oxygens (including phenoxy) is 2. The van der Waals surface area contributed by atoms with Gasteiger partial charge in [0.2, 0.25) is 5.91 Å². The first-order valence-electron chi connectivity index (χ1n) is 15.5. The van der Waals surface area contributed by atoms with E-state index in [1.165, 1.54) is 12.1 Å². The number of nitro benzene ring substituents is 1. The van der Waals surface area contributed by atoms with E-state index in [2.05, 4.69) is 22.0 Å². The first-order chi connectivity index (χ1) is 22.2. The van der Waals surface area contributed by atoms with E-state index in [0.29, 0.717) is 12.2 Å². The topological polar surface area (TPSA) is 155 Å². The van der Waals surface area contributed by atoms with Crippen LogP contribution < -0.4 is 10.2 Å². The molecule has 4 atom stereocenters. The molecule has 2 fully saturated rings. The van der Waals surface area contributed by atoms with Crippen molar-refractivity contribution in [1.82, 2.24) is 4.90 Å². The van der Waals surface area contributed by atoms with Gasteiger partial charge in [0.15, 0.2) is 6.29 Å². The van der Waals surface area contributed by atoms with Crippen molar-refractivity contribution in [2.75, 3.05) is 42.9 Å². The van der Waals surface area contributed by atoms with Crippen molar-refractivity contribution in [2.45, 2.75) is 51.3 Å². The maximum atomic E-state index is 12.2. The minimum Gasteiger partial charge on any atom is -0.481 e. The van der Waals surface area contributed by atoms with Gasteiger partial charge in [0.25, 0.3) is 5.69 Å². The summed E-state index contributed by atoms with van der Waals surface area (Å²) in [5.74, 6) is -1.15. The Labute approximate surface area is 267 Å². The van der Waals surface area contributed by atoms with Gasteiger partial charge in [-0.15, -0.1) is 0 Å². The van der Waals surface area contributed by atoms with Gasteiger partial charge in [-0.05, 0) is 41.8 Å². The Bertz CT molecular complexity index is 1470. The van der Waals surface area contributed by atoms with Gasteiger partial charge >= 0.3 is 5.97 Å². The number of nitrogens with one attached hydrogen (secondary N) is 1. The van der Waals surface area contributed by atoms with Crippen LogP contribution in [0.3, 0.4) is 0 Å². The maximum Gasteiger partial charge on any atom is 0.303 e. The summed E-state index contributed by atoms with van der Waals surface area (Å²) in [4.78, 5) is 38.2. The number of carboxylic acids is 1. The Morgan fingerprint density at radius 2 is 1.57 bits per heavy atom. The number of hydrogen-bond donors (Lipinski definition) is 3. The largest absolute Gasteiger partial charge is 0.481 e. The molecular formula is C34H40N4O8. The molecule has 5 rings (SSSR count). The highest BCUT2D eigenvalue weighted by Gasteiger charge is 2.39. The number of aliphatic carboxylic acids is 1. The number of hydrogen-bond acceptors (Lipinski definition) is 9. The van der Waals surface area contributed by atoms with Crippen LogP contribution in [0.5, 0.6) is 0 Å². The highest BCUT2D eigenvalue weighted by atomic mass is 16.7. The number of rotatable bonds is 12. The fraction of sp³-hybridized carbons (Fsp3) is 0.412. The molecule has 0 spiro atoms. The molecule has 1 amide bonds. The second kappa shape index (κ2) is 15.3. The van der Waals surface area contributed by atoms with E-state index in [1.807, 2.05) is 36.4 Å². The Morgan fingerprint density at radius 3 is 2.17 bits per heavy atom. The van der Waals surface area contributed by atoms with Crippen molar-refractivity contribution < 1.29 is 34.2 Å². The fourth-order valence-electron chi connectivity index (χ4n) is 5.90. The summed E-state index contributed by atoms with van der Waals surface area (Å²) < 4.78 is 13.2. The summed E-state index contributed by atoms with van der Waals surface area (Å²) in [6.07, 6.45) is -0.712. The Morgan fingerprint density at radius 1 is 0.913 bits per heavy atom. The van der Waals surface area contributed by atoms with Gasteiger partial charge in [0, 0.05) is 80.6 Å². The van der Waals surface area contributed by atoms with Crippen molar-refractivity contribution in [3.05, 3.63) is 99.6 Å². The highest BCUT2D eigenvalue weighted by molar-refractivity contribution is 5.90. The maximum absolute atomic E-state index is 12.2. The van der Waals surface area contributed by atoms with Crippen molar-refractivity contribution in [3.8, 4) is 0 Å². The summed E-state index contributed by atoms with van der Waals surface area (Å²) >= 11 is 0. The molecule has 3 aromatic carbocycles. The first-order valence-corrected chi connectivity index (χ1v) is 15.5. The molecule has 0 aliphatic carbocycles. The average Bonchev–Trinajstić information content (AvgIpc) is 3.06. The van der Waals surface area contributed by atoms with E-state index >= 15 is 0 Å². The quantitative estimate of drug-likeness (QED) is 0.186. The Kier molecular flexibility index (Phi) is 11.0. The molecule has 0 saturated carbocycles. The number of amides is 1. The molecule has 0 aromatic heterocycles. The standard InChI is InChI=1S/C34H40N4O8/c1-23-30(21-36-17-19-37(20-18-36)28-13-15-29(16-14-28)38(43)44)45-34(46-33(23)25-7-5-24(22-39)6-8-25)26-9-11-27(12-10-26)35-31(40)3-2-4-32(41)42/h5-16,23,30,33-34,39H,2-4,17-22H2,1H3,(H,35,40)(H,41,42)/t23-,30+,33+,34+/m1/s1. The van der Waals surface area contributed by atoms with E-state index in [4.69, 9.17) is 14.6 Å². The van der Waals surface area contributed by atoms with Crippen LogP contribution in [-0.4, -0.2) is 70.7 Å². The van der Waals surface area contributed by atoms with Gasteiger partial charge in [-0.2, -0.15) is 0 Å². The van der Waals surface area contributed by atoms with Crippen LogP contribution in [0, 0.1) is 16.0 Å². The van der Waals surface area contributed by atoms with E-state index in [-0.39, 0.29) is 55.6 Å². The number of benzene rings is 3. The van der Waals surface area contributed by atoms with Crippen molar-refractivity contribution in [3.63, 3.8) is 0 Å². The zero-order chi connectivity index (χ0) is 32.6. The average molecular weight is 633 g/mol. The smallest absolute Gasteiger partial charge is 0.303 e. The second-order valence-electron chi connectivity index (χ2n) is 11.8. The molecule has 0 radical (unpaired) electrons. The number of anilines is 2. The molecular weight excluding hydrogens is 592 g/mol. The Balaban J connectivity index is 1.26. The zero-order valence-electron chi connectivity index (χ0n) is 25.8. The van der Waals surface area contributed by atoms with Crippen LogP contribution in [0.4, 0.5) is 17.1 Å². The van der Waals surface area contributed by atoms with E-state index in [0.717, 1.165) is 48.6 Å². The minimum absolute atomic E-state index is 0.0216. The number of aliphatic hydroxyl groups excluding tert-OH is 1. The minimum atomic E-state index is -0.926. The van der Waals surface area contributed by atoms with Gasteiger partial charge in [-0.25, -0.2) is 0 Å². The third-order valence-electron chi connectivity index (χ3n) is 8.62. The van der Waals surface area contributed by atoms with Gasteiger partial charge in [0.05, 0.1) is 23.7 Å². The number of carboxylic acid groups (broad SMARTS) is 1. The SMILES string of the molecule is C[C@@H]1[C@H](CN2CCN(c3ccc([N+](=O)[O-])cc3)CC2)O[C@H](c2ccc(NC(=O)CCCC(=O)O)cc2)O[C@@H]1c1ccc(CO)cc1. The predicted octanol–water partition coefficient (Wildman–Crippen LogP) is 4.89. The molecule has 46 heavy (non-hydrogen) atoms. The second-order valence-corrected chi connectivity index (χ2v) is 11.8. The molecule has 12 nitrogen and oxygen atoms in total. The summed E-state index contributed by atoms with van der Waals surface area (Å²) in [7, 11) is 0. The summed E-state index contributed by atoms with van der Waals surface area (Å²) in [6, 6.07) is 21.7. The van der Waals surface area contributed by atoms with Crippen molar-refractivity contribution in [1.29, 1.82) is 0 Å². The normalized spacial score (nSPS) is 21.9. The molecule has 2 aliphatic rings. The van der Waals surface area contributed by atoms with Crippen molar-refractivity contribution in [2.24, 2.45) is 5.92 Å².